The third kappa shape index (κ3) is 4.31. The first-order chi connectivity index (χ1) is 19.8. The van der Waals surface area contributed by atoms with Gasteiger partial charge in [-0.1, -0.05) is 79.9 Å². The molecule has 0 unspecified atom stereocenters. The number of aromatic nitrogens is 6. The standard InChI is InChI=1S/C34H30N6/c1-4-12-26(13-5-1)32-28(39-24-10-22-35-39)16-18-30(37-32)34(20-8-3-9-21-34)31-19-17-29(40-25-11-23-36-40)33(38-31)27-14-6-2-7-15-27/h1-2,4-7,10-19,22-25H,3,8-9,20-21H2. The van der Waals surface area contributed by atoms with E-state index in [0.29, 0.717) is 0 Å². The summed E-state index contributed by atoms with van der Waals surface area (Å²) in [4.78, 5) is 10.9. The number of nitrogens with zero attached hydrogens (tertiary/aromatic N) is 6. The van der Waals surface area contributed by atoms with Crippen LogP contribution in [-0.2, 0) is 5.41 Å². The van der Waals surface area contributed by atoms with Crippen molar-refractivity contribution in [3.63, 3.8) is 0 Å². The van der Waals surface area contributed by atoms with Gasteiger partial charge in [-0.05, 0) is 49.2 Å². The molecule has 2 aromatic carbocycles. The Balaban J connectivity index is 1.43. The molecular formula is C34H30N6. The predicted octanol–water partition coefficient (Wildman–Crippen LogP) is 7.43. The van der Waals surface area contributed by atoms with Gasteiger partial charge in [0.25, 0.3) is 0 Å². The van der Waals surface area contributed by atoms with Gasteiger partial charge in [-0.25, -0.2) is 19.3 Å². The third-order valence-electron chi connectivity index (χ3n) is 8.03. The van der Waals surface area contributed by atoms with Crippen LogP contribution in [0.15, 0.2) is 122 Å². The summed E-state index contributed by atoms with van der Waals surface area (Å²) in [6.07, 6.45) is 13.1. The predicted molar refractivity (Wildman–Crippen MR) is 157 cm³/mol. The van der Waals surface area contributed by atoms with Crippen LogP contribution in [0.4, 0.5) is 0 Å². The van der Waals surface area contributed by atoms with Gasteiger partial charge in [0.1, 0.15) is 0 Å². The van der Waals surface area contributed by atoms with E-state index in [4.69, 9.17) is 9.97 Å². The molecule has 196 valence electrons. The van der Waals surface area contributed by atoms with E-state index in [0.717, 1.165) is 71.0 Å². The number of rotatable bonds is 6. The van der Waals surface area contributed by atoms with Crippen molar-refractivity contribution >= 4 is 0 Å². The second kappa shape index (κ2) is 10.4. The maximum Gasteiger partial charge on any atom is 0.0962 e. The van der Waals surface area contributed by atoms with E-state index in [-0.39, 0.29) is 5.41 Å². The van der Waals surface area contributed by atoms with Crippen LogP contribution in [0.1, 0.15) is 43.5 Å². The van der Waals surface area contributed by atoms with Gasteiger partial charge in [-0.3, -0.25) is 0 Å². The monoisotopic (exact) mass is 522 g/mol. The van der Waals surface area contributed by atoms with Crippen LogP contribution in [-0.4, -0.2) is 29.5 Å². The molecule has 1 aliphatic carbocycles. The molecule has 0 atom stereocenters. The van der Waals surface area contributed by atoms with Crippen molar-refractivity contribution in [3.8, 4) is 33.9 Å². The molecule has 6 aromatic rings. The Labute approximate surface area is 234 Å². The molecule has 0 amide bonds. The zero-order valence-electron chi connectivity index (χ0n) is 22.3. The highest BCUT2D eigenvalue weighted by molar-refractivity contribution is 5.71. The van der Waals surface area contributed by atoms with Gasteiger partial charge in [0.15, 0.2) is 0 Å². The van der Waals surface area contributed by atoms with Crippen molar-refractivity contribution in [3.05, 3.63) is 133 Å². The molecule has 1 fully saturated rings. The molecule has 6 nitrogen and oxygen atoms in total. The lowest BCUT2D eigenvalue weighted by atomic mass is 9.69. The summed E-state index contributed by atoms with van der Waals surface area (Å²) < 4.78 is 3.80. The Bertz CT molecular complexity index is 1580. The van der Waals surface area contributed by atoms with Crippen molar-refractivity contribution in [1.29, 1.82) is 0 Å². The van der Waals surface area contributed by atoms with E-state index in [1.165, 1.54) is 6.42 Å². The summed E-state index contributed by atoms with van der Waals surface area (Å²) >= 11 is 0. The van der Waals surface area contributed by atoms with Crippen molar-refractivity contribution in [2.24, 2.45) is 0 Å². The highest BCUT2D eigenvalue weighted by Gasteiger charge is 2.39. The number of benzene rings is 2. The zero-order chi connectivity index (χ0) is 26.8. The fourth-order valence-electron chi connectivity index (χ4n) is 6.04. The highest BCUT2D eigenvalue weighted by Crippen LogP contribution is 2.45. The van der Waals surface area contributed by atoms with E-state index < -0.39 is 0 Å². The van der Waals surface area contributed by atoms with E-state index in [9.17, 15) is 0 Å². The molecular weight excluding hydrogens is 492 g/mol. The van der Waals surface area contributed by atoms with Crippen LogP contribution in [0.5, 0.6) is 0 Å². The van der Waals surface area contributed by atoms with Gasteiger partial charge in [-0.2, -0.15) is 10.2 Å². The van der Waals surface area contributed by atoms with Crippen LogP contribution >= 0.6 is 0 Å². The molecule has 0 spiro atoms. The summed E-state index contributed by atoms with van der Waals surface area (Å²) in [5.74, 6) is 0. The molecule has 4 heterocycles. The third-order valence-corrected chi connectivity index (χ3v) is 8.03. The van der Waals surface area contributed by atoms with Crippen molar-refractivity contribution in [1.82, 2.24) is 29.5 Å². The second-order valence-corrected chi connectivity index (χ2v) is 10.4. The Kier molecular flexibility index (Phi) is 6.28. The van der Waals surface area contributed by atoms with Crippen LogP contribution in [0, 0.1) is 0 Å². The first kappa shape index (κ1) is 24.2. The van der Waals surface area contributed by atoms with E-state index in [1.807, 2.05) is 58.4 Å². The number of hydrogen-bond acceptors (Lipinski definition) is 4. The van der Waals surface area contributed by atoms with Crippen LogP contribution < -0.4 is 0 Å². The first-order valence-electron chi connectivity index (χ1n) is 14.0. The lowest BCUT2D eigenvalue weighted by molar-refractivity contribution is 0.331. The summed E-state index contributed by atoms with van der Waals surface area (Å²) in [7, 11) is 0. The molecule has 40 heavy (non-hydrogen) atoms. The smallest absolute Gasteiger partial charge is 0.0962 e. The zero-order valence-corrected chi connectivity index (χ0v) is 22.3. The fourth-order valence-corrected chi connectivity index (χ4v) is 6.04. The first-order valence-corrected chi connectivity index (χ1v) is 14.0. The molecule has 4 aromatic heterocycles. The molecule has 1 aliphatic rings. The average molecular weight is 523 g/mol. The quantitative estimate of drug-likeness (QED) is 0.228. The number of pyridine rings is 2. The Morgan fingerprint density at radius 1 is 0.500 bits per heavy atom. The molecule has 0 aliphatic heterocycles. The molecule has 0 bridgehead atoms. The van der Waals surface area contributed by atoms with Gasteiger partial charge in [0, 0.05) is 35.9 Å². The highest BCUT2D eigenvalue weighted by atomic mass is 15.3. The van der Waals surface area contributed by atoms with Crippen molar-refractivity contribution in [2.45, 2.75) is 37.5 Å². The maximum atomic E-state index is 5.43. The topological polar surface area (TPSA) is 61.4 Å². The number of hydrogen-bond donors (Lipinski definition) is 0. The fraction of sp³-hybridized carbons (Fsp3) is 0.176. The molecule has 0 radical (unpaired) electrons. The van der Waals surface area contributed by atoms with Crippen LogP contribution in [0.2, 0.25) is 0 Å². The van der Waals surface area contributed by atoms with E-state index in [1.54, 1.807) is 0 Å². The Hall–Kier alpha value is -4.84. The summed E-state index contributed by atoms with van der Waals surface area (Å²) in [6, 6.07) is 33.5. The maximum absolute atomic E-state index is 5.43. The normalized spacial score (nSPS) is 14.7. The van der Waals surface area contributed by atoms with Gasteiger partial charge in [0.05, 0.1) is 39.6 Å². The average Bonchev–Trinajstić information content (AvgIpc) is 3.77. The van der Waals surface area contributed by atoms with Gasteiger partial charge in [-0.15, -0.1) is 0 Å². The van der Waals surface area contributed by atoms with Gasteiger partial charge >= 0.3 is 0 Å². The SMILES string of the molecule is c1ccc(-c2nc(C3(c4ccc(-n5cccn5)c(-c5ccccc5)n4)CCCCC3)ccc2-n2cccn2)cc1. The molecule has 6 heteroatoms. The van der Waals surface area contributed by atoms with Crippen LogP contribution in [0.25, 0.3) is 33.9 Å². The lowest BCUT2D eigenvalue weighted by Crippen LogP contribution is -2.33. The molecule has 0 saturated heterocycles. The van der Waals surface area contributed by atoms with Crippen molar-refractivity contribution in [2.75, 3.05) is 0 Å². The summed E-state index contributed by atoms with van der Waals surface area (Å²) in [5, 5.41) is 9.05. The molecule has 0 N–H and O–H groups in total. The summed E-state index contributed by atoms with van der Waals surface area (Å²) in [5.41, 5.74) is 7.82. The van der Waals surface area contributed by atoms with Crippen molar-refractivity contribution < 1.29 is 0 Å². The minimum absolute atomic E-state index is 0.281. The van der Waals surface area contributed by atoms with Crippen LogP contribution in [0.3, 0.4) is 0 Å². The Morgan fingerprint density at radius 2 is 0.975 bits per heavy atom. The summed E-state index contributed by atoms with van der Waals surface area (Å²) in [6.45, 7) is 0. The van der Waals surface area contributed by atoms with E-state index in [2.05, 4.69) is 83.0 Å². The molecule has 7 rings (SSSR count). The molecule has 1 saturated carbocycles. The minimum Gasteiger partial charge on any atom is -0.250 e. The largest absolute Gasteiger partial charge is 0.250 e. The van der Waals surface area contributed by atoms with E-state index >= 15 is 0 Å². The second-order valence-electron chi connectivity index (χ2n) is 10.4. The lowest BCUT2D eigenvalue weighted by Gasteiger charge is -2.37. The van der Waals surface area contributed by atoms with Gasteiger partial charge in [0.2, 0.25) is 0 Å². The Morgan fingerprint density at radius 3 is 1.40 bits per heavy atom. The van der Waals surface area contributed by atoms with Gasteiger partial charge < -0.3 is 0 Å². The minimum atomic E-state index is -0.281.